The monoisotopic (exact) mass is 446 g/mol. The summed E-state index contributed by atoms with van der Waals surface area (Å²) in [6.45, 7) is -0.257. The molecule has 9 nitrogen and oxygen atoms in total. The Hall–Kier alpha value is -4.40. The molecule has 0 radical (unpaired) electrons. The first-order valence-corrected chi connectivity index (χ1v) is 10.2. The van der Waals surface area contributed by atoms with Crippen molar-refractivity contribution in [2.45, 2.75) is 13.1 Å². The molecule has 0 bridgehead atoms. The number of carbonyl (C=O) groups is 1. The lowest BCUT2D eigenvalue weighted by Crippen LogP contribution is -2.42. The summed E-state index contributed by atoms with van der Waals surface area (Å²) in [5.41, 5.74) is 0.547. The number of ether oxygens (including phenoxy) is 2. The zero-order valence-electron chi connectivity index (χ0n) is 18.1. The SMILES string of the molecule is COc1ccc(Cn2c(=O)c3ncccc3n(CC(=O)Nc3cccc(OC)c3)c2=O)cc1. The molecule has 0 spiro atoms. The molecule has 0 aliphatic heterocycles. The highest BCUT2D eigenvalue weighted by molar-refractivity contribution is 5.91. The van der Waals surface area contributed by atoms with Crippen LogP contribution in [0.3, 0.4) is 0 Å². The number of aromatic nitrogens is 3. The van der Waals surface area contributed by atoms with Crippen LogP contribution in [0.4, 0.5) is 5.69 Å². The van der Waals surface area contributed by atoms with Gasteiger partial charge < -0.3 is 14.8 Å². The van der Waals surface area contributed by atoms with Crippen molar-refractivity contribution >= 4 is 22.6 Å². The summed E-state index contributed by atoms with van der Waals surface area (Å²) >= 11 is 0. The Morgan fingerprint density at radius 1 is 0.939 bits per heavy atom. The van der Waals surface area contributed by atoms with E-state index in [1.54, 1.807) is 67.8 Å². The van der Waals surface area contributed by atoms with Crippen LogP contribution < -0.4 is 26.0 Å². The fraction of sp³-hybridized carbons (Fsp3) is 0.167. The van der Waals surface area contributed by atoms with Gasteiger partial charge in [-0.2, -0.15) is 0 Å². The quantitative estimate of drug-likeness (QED) is 0.467. The van der Waals surface area contributed by atoms with E-state index >= 15 is 0 Å². The Balaban J connectivity index is 1.71. The first kappa shape index (κ1) is 21.8. The number of nitrogens with zero attached hydrogens (tertiary/aromatic N) is 3. The fourth-order valence-corrected chi connectivity index (χ4v) is 3.49. The van der Waals surface area contributed by atoms with Gasteiger partial charge in [0, 0.05) is 18.0 Å². The maximum absolute atomic E-state index is 13.3. The van der Waals surface area contributed by atoms with Crippen molar-refractivity contribution in [1.82, 2.24) is 14.1 Å². The number of hydrogen-bond acceptors (Lipinski definition) is 6. The van der Waals surface area contributed by atoms with Gasteiger partial charge in [-0.15, -0.1) is 0 Å². The molecule has 0 unspecified atom stereocenters. The van der Waals surface area contributed by atoms with Gasteiger partial charge in [0.05, 0.1) is 26.3 Å². The molecule has 4 rings (SSSR count). The summed E-state index contributed by atoms with van der Waals surface area (Å²) in [5, 5.41) is 2.75. The van der Waals surface area contributed by atoms with Gasteiger partial charge in [-0.3, -0.25) is 18.7 Å². The van der Waals surface area contributed by atoms with E-state index in [-0.39, 0.29) is 18.6 Å². The summed E-state index contributed by atoms with van der Waals surface area (Å²) < 4.78 is 12.7. The highest BCUT2D eigenvalue weighted by Crippen LogP contribution is 2.17. The van der Waals surface area contributed by atoms with Gasteiger partial charge >= 0.3 is 5.69 Å². The molecule has 168 valence electrons. The summed E-state index contributed by atoms with van der Waals surface area (Å²) in [6.07, 6.45) is 1.48. The molecule has 2 heterocycles. The van der Waals surface area contributed by atoms with Crippen LogP contribution in [0.25, 0.3) is 11.0 Å². The minimum Gasteiger partial charge on any atom is -0.497 e. The molecule has 0 aliphatic carbocycles. The maximum Gasteiger partial charge on any atom is 0.332 e. The van der Waals surface area contributed by atoms with Crippen LogP contribution in [0.15, 0.2) is 76.4 Å². The lowest BCUT2D eigenvalue weighted by molar-refractivity contribution is -0.116. The smallest absolute Gasteiger partial charge is 0.332 e. The molecule has 0 saturated carbocycles. The van der Waals surface area contributed by atoms with E-state index in [9.17, 15) is 14.4 Å². The van der Waals surface area contributed by atoms with Crippen molar-refractivity contribution in [1.29, 1.82) is 0 Å². The number of anilines is 1. The Morgan fingerprint density at radius 3 is 2.42 bits per heavy atom. The molecular weight excluding hydrogens is 424 g/mol. The lowest BCUT2D eigenvalue weighted by Gasteiger charge is -2.14. The molecule has 33 heavy (non-hydrogen) atoms. The molecule has 2 aromatic carbocycles. The van der Waals surface area contributed by atoms with Gasteiger partial charge in [0.15, 0.2) is 5.52 Å². The van der Waals surface area contributed by atoms with Gasteiger partial charge in [-0.25, -0.2) is 9.78 Å². The van der Waals surface area contributed by atoms with Crippen LogP contribution in [0.2, 0.25) is 0 Å². The minimum atomic E-state index is -0.600. The Bertz CT molecular complexity index is 1420. The normalized spacial score (nSPS) is 10.7. The topological polar surface area (TPSA) is 104 Å². The van der Waals surface area contributed by atoms with Gasteiger partial charge in [0.25, 0.3) is 5.56 Å². The molecule has 0 atom stereocenters. The third kappa shape index (κ3) is 4.62. The van der Waals surface area contributed by atoms with Crippen molar-refractivity contribution < 1.29 is 14.3 Å². The molecule has 1 amide bonds. The predicted octanol–water partition coefficient (Wildman–Crippen LogP) is 2.26. The fourth-order valence-electron chi connectivity index (χ4n) is 3.49. The Labute approximate surface area is 188 Å². The third-order valence-electron chi connectivity index (χ3n) is 5.14. The molecule has 0 aliphatic rings. The number of methoxy groups -OCH3 is 2. The first-order chi connectivity index (χ1) is 16.0. The maximum atomic E-state index is 13.3. The summed E-state index contributed by atoms with van der Waals surface area (Å²) in [7, 11) is 3.09. The molecule has 4 aromatic rings. The zero-order chi connectivity index (χ0) is 23.4. The van der Waals surface area contributed by atoms with Gasteiger partial charge in [-0.1, -0.05) is 18.2 Å². The van der Waals surface area contributed by atoms with Gasteiger partial charge in [0.1, 0.15) is 18.0 Å². The molecule has 9 heteroatoms. The van der Waals surface area contributed by atoms with Crippen LogP contribution in [0.5, 0.6) is 11.5 Å². The van der Waals surface area contributed by atoms with Gasteiger partial charge in [-0.05, 0) is 42.0 Å². The van der Waals surface area contributed by atoms with Crippen LogP contribution in [0, 0.1) is 0 Å². The number of pyridine rings is 1. The number of fused-ring (bicyclic) bond motifs is 1. The van der Waals surface area contributed by atoms with Crippen molar-refractivity contribution in [2.75, 3.05) is 19.5 Å². The van der Waals surface area contributed by atoms with Crippen LogP contribution in [-0.4, -0.2) is 34.2 Å². The second-order valence-corrected chi connectivity index (χ2v) is 7.26. The second-order valence-electron chi connectivity index (χ2n) is 7.26. The lowest BCUT2D eigenvalue weighted by atomic mass is 10.2. The summed E-state index contributed by atoms with van der Waals surface area (Å²) in [6, 6.07) is 17.1. The Morgan fingerprint density at radius 2 is 1.70 bits per heavy atom. The summed E-state index contributed by atoms with van der Waals surface area (Å²) in [4.78, 5) is 43.3. The average Bonchev–Trinajstić information content (AvgIpc) is 2.85. The number of hydrogen-bond donors (Lipinski definition) is 1. The predicted molar refractivity (Wildman–Crippen MR) is 124 cm³/mol. The van der Waals surface area contributed by atoms with E-state index in [1.807, 2.05) is 0 Å². The van der Waals surface area contributed by atoms with Crippen LogP contribution >= 0.6 is 0 Å². The van der Waals surface area contributed by atoms with Crippen molar-refractivity contribution in [3.63, 3.8) is 0 Å². The molecule has 1 N–H and O–H groups in total. The minimum absolute atomic E-state index is 0.0334. The molecular formula is C24H22N4O5. The standard InChI is InChI=1S/C24H22N4O5/c1-32-18-10-8-16(9-11-18)14-28-23(30)22-20(7-4-12-25-22)27(24(28)31)15-21(29)26-17-5-3-6-19(13-17)33-2/h3-13H,14-15H2,1-2H3,(H,26,29). The number of rotatable bonds is 7. The summed E-state index contributed by atoms with van der Waals surface area (Å²) in [5.74, 6) is 0.829. The van der Waals surface area contributed by atoms with Crippen molar-refractivity contribution in [2.24, 2.45) is 0 Å². The number of amides is 1. The van der Waals surface area contributed by atoms with E-state index in [4.69, 9.17) is 9.47 Å². The third-order valence-corrected chi connectivity index (χ3v) is 5.14. The zero-order valence-corrected chi connectivity index (χ0v) is 18.1. The number of nitrogens with one attached hydrogen (secondary N) is 1. The van der Waals surface area contributed by atoms with Crippen LogP contribution in [-0.2, 0) is 17.9 Å². The van der Waals surface area contributed by atoms with Crippen LogP contribution in [0.1, 0.15) is 5.56 Å². The van der Waals surface area contributed by atoms with E-state index in [1.165, 1.54) is 17.9 Å². The average molecular weight is 446 g/mol. The first-order valence-electron chi connectivity index (χ1n) is 10.2. The van der Waals surface area contributed by atoms with E-state index in [2.05, 4.69) is 10.3 Å². The highest BCUT2D eigenvalue weighted by Gasteiger charge is 2.17. The molecule has 0 fully saturated rings. The number of benzene rings is 2. The van der Waals surface area contributed by atoms with Crippen molar-refractivity contribution in [3.8, 4) is 11.5 Å². The van der Waals surface area contributed by atoms with E-state index < -0.39 is 17.2 Å². The Kier molecular flexibility index (Phi) is 6.21. The van der Waals surface area contributed by atoms with E-state index in [0.717, 1.165) is 10.1 Å². The largest absolute Gasteiger partial charge is 0.497 e. The van der Waals surface area contributed by atoms with Gasteiger partial charge in [0.2, 0.25) is 5.91 Å². The molecule has 0 saturated heterocycles. The highest BCUT2D eigenvalue weighted by atomic mass is 16.5. The number of carbonyl (C=O) groups excluding carboxylic acids is 1. The van der Waals surface area contributed by atoms with Crippen molar-refractivity contribution in [3.05, 3.63) is 93.3 Å². The van der Waals surface area contributed by atoms with E-state index in [0.29, 0.717) is 22.7 Å². The second kappa shape index (κ2) is 9.39. The molecule has 2 aromatic heterocycles.